The van der Waals surface area contributed by atoms with E-state index in [4.69, 9.17) is 19.9 Å². The van der Waals surface area contributed by atoms with E-state index in [2.05, 4.69) is 35.2 Å². The maximum Gasteiger partial charge on any atom is 0.304 e. The van der Waals surface area contributed by atoms with Crippen molar-refractivity contribution >= 4 is 29.3 Å². The quantitative estimate of drug-likeness (QED) is 0.285. The molecule has 1 fully saturated rings. The Morgan fingerprint density at radius 2 is 1.76 bits per heavy atom. The Labute approximate surface area is 248 Å². The number of hydrogen-bond acceptors (Lipinski definition) is 6. The van der Waals surface area contributed by atoms with Gasteiger partial charge in [0.15, 0.2) is 11.6 Å². The number of unbranched alkanes of at least 4 members (excludes halogenated alkanes) is 1. The van der Waals surface area contributed by atoms with Crippen LogP contribution in [-0.2, 0) is 24.0 Å². The summed E-state index contributed by atoms with van der Waals surface area (Å²) >= 11 is 0. The number of rotatable bonds is 9. The summed E-state index contributed by atoms with van der Waals surface area (Å²) in [5.74, 6) is 1.69. The third kappa shape index (κ3) is 5.89. The summed E-state index contributed by atoms with van der Waals surface area (Å²) in [4.78, 5) is 9.11. The molecule has 0 radical (unpaired) electrons. The van der Waals surface area contributed by atoms with E-state index in [-0.39, 0.29) is 0 Å². The molecule has 1 N–H and O–H groups in total. The monoisotopic (exact) mass is 559 g/mol. The number of nitrogens with one attached hydrogen (secondary N) is 1. The molecular formula is C35H37N5O2. The third-order valence-electron chi connectivity index (χ3n) is 8.16. The summed E-state index contributed by atoms with van der Waals surface area (Å²) in [6, 6.07) is 22.6. The first-order chi connectivity index (χ1) is 20.6. The van der Waals surface area contributed by atoms with E-state index in [1.165, 1.54) is 35.2 Å². The van der Waals surface area contributed by atoms with E-state index in [1.807, 2.05) is 48.2 Å². The van der Waals surface area contributed by atoms with E-state index in [0.717, 1.165) is 56.5 Å². The Balaban J connectivity index is 1.23. The van der Waals surface area contributed by atoms with Crippen LogP contribution in [0.3, 0.4) is 0 Å². The number of amidine groups is 2. The minimum atomic E-state index is 0.303. The van der Waals surface area contributed by atoms with Crippen LogP contribution in [0.15, 0.2) is 71.4 Å². The van der Waals surface area contributed by atoms with Crippen LogP contribution in [0.2, 0.25) is 0 Å². The fourth-order valence-corrected chi connectivity index (χ4v) is 6.17. The SMILES string of the molecule is CCOc1ccc(CCCCN2C(=N)/C(=C\c3cc4c5c(c3)CCCN5CCC4)OC2=Nc2ccccc2C#N)cc1. The summed E-state index contributed by atoms with van der Waals surface area (Å²) in [5.41, 5.74) is 7.59. The zero-order valence-corrected chi connectivity index (χ0v) is 24.2. The molecule has 6 rings (SSSR count). The molecule has 214 valence electrons. The molecule has 3 aliphatic heterocycles. The van der Waals surface area contributed by atoms with Crippen LogP contribution in [0.5, 0.6) is 5.75 Å². The van der Waals surface area contributed by atoms with Gasteiger partial charge in [-0.15, -0.1) is 0 Å². The van der Waals surface area contributed by atoms with Gasteiger partial charge in [0.2, 0.25) is 0 Å². The Hall–Kier alpha value is -4.57. The molecule has 0 aliphatic carbocycles. The fraction of sp³-hybridized carbons (Fsp3) is 0.343. The summed E-state index contributed by atoms with van der Waals surface area (Å²) < 4.78 is 11.8. The maximum absolute atomic E-state index is 9.62. The van der Waals surface area contributed by atoms with Crippen molar-refractivity contribution in [3.8, 4) is 11.8 Å². The fourth-order valence-electron chi connectivity index (χ4n) is 6.17. The highest BCUT2D eigenvalue weighted by atomic mass is 16.5. The molecule has 0 unspecified atom stereocenters. The zero-order valence-electron chi connectivity index (χ0n) is 24.2. The number of aliphatic imine (C=N–C) groups is 1. The van der Waals surface area contributed by atoms with Gasteiger partial charge >= 0.3 is 6.02 Å². The van der Waals surface area contributed by atoms with Gasteiger partial charge in [0.25, 0.3) is 0 Å². The largest absolute Gasteiger partial charge is 0.494 e. The first-order valence-electron chi connectivity index (χ1n) is 15.1. The molecule has 0 amide bonds. The van der Waals surface area contributed by atoms with Gasteiger partial charge < -0.3 is 14.4 Å². The predicted octanol–water partition coefficient (Wildman–Crippen LogP) is 7.02. The number of aryl methyl sites for hydroxylation is 3. The molecule has 42 heavy (non-hydrogen) atoms. The highest BCUT2D eigenvalue weighted by molar-refractivity contribution is 6.13. The molecule has 3 aromatic rings. The molecule has 3 aromatic carbocycles. The van der Waals surface area contributed by atoms with Gasteiger partial charge in [-0.25, -0.2) is 0 Å². The van der Waals surface area contributed by atoms with Crippen molar-refractivity contribution in [2.45, 2.75) is 51.9 Å². The highest BCUT2D eigenvalue weighted by Gasteiger charge is 2.32. The molecule has 0 aromatic heterocycles. The molecular weight excluding hydrogens is 522 g/mol. The van der Waals surface area contributed by atoms with Crippen LogP contribution >= 0.6 is 0 Å². The number of anilines is 1. The number of nitrogens with zero attached hydrogens (tertiary/aromatic N) is 4. The number of hydrogen-bond donors (Lipinski definition) is 1. The Kier molecular flexibility index (Phi) is 8.23. The lowest BCUT2D eigenvalue weighted by Crippen LogP contribution is -2.34. The second kappa shape index (κ2) is 12.5. The Bertz CT molecular complexity index is 1540. The van der Waals surface area contributed by atoms with Crippen molar-refractivity contribution in [2.24, 2.45) is 4.99 Å². The van der Waals surface area contributed by atoms with Crippen molar-refractivity contribution in [3.05, 3.63) is 94.2 Å². The maximum atomic E-state index is 9.62. The Morgan fingerprint density at radius 1 is 1.02 bits per heavy atom. The van der Waals surface area contributed by atoms with Crippen molar-refractivity contribution in [1.29, 1.82) is 10.7 Å². The average Bonchev–Trinajstić information content (AvgIpc) is 3.29. The molecule has 7 heteroatoms. The van der Waals surface area contributed by atoms with Crippen LogP contribution in [-0.4, -0.2) is 43.0 Å². The zero-order chi connectivity index (χ0) is 28.9. The van der Waals surface area contributed by atoms with Gasteiger partial charge in [0.1, 0.15) is 11.8 Å². The molecule has 1 saturated heterocycles. The summed E-state index contributed by atoms with van der Waals surface area (Å²) in [7, 11) is 0. The van der Waals surface area contributed by atoms with Crippen molar-refractivity contribution in [3.63, 3.8) is 0 Å². The van der Waals surface area contributed by atoms with Crippen LogP contribution < -0.4 is 9.64 Å². The van der Waals surface area contributed by atoms with E-state index in [1.54, 1.807) is 6.07 Å². The minimum absolute atomic E-state index is 0.303. The molecule has 0 atom stereocenters. The normalized spacial score (nSPS) is 17.8. The van der Waals surface area contributed by atoms with Crippen LogP contribution in [0.25, 0.3) is 6.08 Å². The molecule has 3 heterocycles. The molecule has 0 saturated carbocycles. The van der Waals surface area contributed by atoms with Crippen LogP contribution in [0.1, 0.15) is 60.4 Å². The van der Waals surface area contributed by atoms with Gasteiger partial charge in [0.05, 0.1) is 17.9 Å². The predicted molar refractivity (Wildman–Crippen MR) is 168 cm³/mol. The Morgan fingerprint density at radius 3 is 2.48 bits per heavy atom. The van der Waals surface area contributed by atoms with Gasteiger partial charge in [-0.05, 0) is 117 Å². The lowest BCUT2D eigenvalue weighted by Gasteiger charge is -2.37. The lowest BCUT2D eigenvalue weighted by molar-refractivity contribution is 0.340. The molecule has 3 aliphatic rings. The van der Waals surface area contributed by atoms with Crippen molar-refractivity contribution in [2.75, 3.05) is 31.1 Å². The molecule has 0 spiro atoms. The third-order valence-corrected chi connectivity index (χ3v) is 8.16. The number of nitriles is 1. The van der Waals surface area contributed by atoms with Gasteiger partial charge in [0, 0.05) is 25.3 Å². The first-order valence-corrected chi connectivity index (χ1v) is 15.1. The average molecular weight is 560 g/mol. The van der Waals surface area contributed by atoms with Gasteiger partial charge in [-0.3, -0.25) is 10.3 Å². The minimum Gasteiger partial charge on any atom is -0.494 e. The summed E-state index contributed by atoms with van der Waals surface area (Å²) in [5, 5.41) is 18.7. The highest BCUT2D eigenvalue weighted by Crippen LogP contribution is 2.37. The lowest BCUT2D eigenvalue weighted by atomic mass is 9.90. The van der Waals surface area contributed by atoms with E-state index in [9.17, 15) is 5.26 Å². The second-order valence-electron chi connectivity index (χ2n) is 11.1. The molecule has 0 bridgehead atoms. The van der Waals surface area contributed by atoms with Gasteiger partial charge in [-0.1, -0.05) is 24.3 Å². The summed E-state index contributed by atoms with van der Waals surface area (Å²) in [6.07, 6.45) is 9.29. The standard InChI is InChI=1S/C35H37N5O2/c1-2-41-30-16-14-25(15-17-30)9-5-6-20-40-34(37)32(42-35(40)38-31-13-4-3-10-29(31)24-36)23-26-21-27-11-7-18-39-19-8-12-28(22-26)33(27)39/h3-4,10,13-17,21-23,37H,2,5-9,11-12,18-20H2,1H3/b32-23+,37-34?,38-35?. The number of benzene rings is 3. The smallest absolute Gasteiger partial charge is 0.304 e. The second-order valence-corrected chi connectivity index (χ2v) is 11.1. The first kappa shape index (κ1) is 27.6. The van der Waals surface area contributed by atoms with Crippen molar-refractivity contribution in [1.82, 2.24) is 4.90 Å². The van der Waals surface area contributed by atoms with Crippen molar-refractivity contribution < 1.29 is 9.47 Å². The van der Waals surface area contributed by atoms with Crippen LogP contribution in [0.4, 0.5) is 11.4 Å². The molecule has 7 nitrogen and oxygen atoms in total. The van der Waals surface area contributed by atoms with E-state index < -0.39 is 0 Å². The summed E-state index contributed by atoms with van der Waals surface area (Å²) in [6.45, 7) is 5.54. The van der Waals surface area contributed by atoms with Gasteiger partial charge in [-0.2, -0.15) is 10.3 Å². The topological polar surface area (TPSA) is 84.9 Å². The van der Waals surface area contributed by atoms with E-state index in [0.29, 0.717) is 42.0 Å². The van der Waals surface area contributed by atoms with E-state index >= 15 is 0 Å². The number of ether oxygens (including phenoxy) is 2. The number of para-hydroxylation sites is 1. The van der Waals surface area contributed by atoms with Crippen LogP contribution in [0, 0.1) is 16.7 Å².